The van der Waals surface area contributed by atoms with Gasteiger partial charge in [0.15, 0.2) is 0 Å². The van der Waals surface area contributed by atoms with Gasteiger partial charge in [-0.25, -0.2) is 9.67 Å². The number of hydrogen-bond acceptors (Lipinski definition) is 5. The van der Waals surface area contributed by atoms with Crippen molar-refractivity contribution in [2.24, 2.45) is 5.92 Å². The van der Waals surface area contributed by atoms with E-state index in [1.165, 1.54) is 11.9 Å². The van der Waals surface area contributed by atoms with Gasteiger partial charge in [-0.3, -0.25) is 9.69 Å². The Morgan fingerprint density at radius 1 is 1.17 bits per heavy atom. The molecule has 0 aliphatic carbocycles. The predicted octanol–water partition coefficient (Wildman–Crippen LogP) is 1.88. The zero-order chi connectivity index (χ0) is 20.1. The number of amides is 1. The lowest BCUT2D eigenvalue weighted by Gasteiger charge is -2.38. The van der Waals surface area contributed by atoms with Crippen molar-refractivity contribution in [1.29, 1.82) is 0 Å². The minimum absolute atomic E-state index is 0.00918. The Morgan fingerprint density at radius 2 is 2.03 bits per heavy atom. The summed E-state index contributed by atoms with van der Waals surface area (Å²) >= 11 is 0. The van der Waals surface area contributed by atoms with Crippen molar-refractivity contribution in [1.82, 2.24) is 25.0 Å². The maximum absolute atomic E-state index is 12.8. The highest BCUT2D eigenvalue weighted by Gasteiger charge is 2.30. The van der Waals surface area contributed by atoms with Crippen LogP contribution in [0, 0.1) is 5.92 Å². The Balaban J connectivity index is 1.39. The van der Waals surface area contributed by atoms with E-state index in [0.717, 1.165) is 31.7 Å². The summed E-state index contributed by atoms with van der Waals surface area (Å²) in [5.41, 5.74) is 2.62. The second-order valence-corrected chi connectivity index (χ2v) is 7.42. The van der Waals surface area contributed by atoms with Crippen LogP contribution >= 0.6 is 0 Å². The molecule has 7 nitrogen and oxygen atoms in total. The summed E-state index contributed by atoms with van der Waals surface area (Å²) in [6, 6.07) is 17.6. The van der Waals surface area contributed by atoms with Gasteiger partial charge in [-0.2, -0.15) is 5.10 Å². The fourth-order valence-electron chi connectivity index (χ4n) is 3.85. The molecular formula is C22H25N5O2. The molecule has 0 saturated carbocycles. The van der Waals surface area contributed by atoms with Crippen LogP contribution in [0.1, 0.15) is 22.3 Å². The molecule has 0 spiro atoms. The summed E-state index contributed by atoms with van der Waals surface area (Å²) in [6.07, 6.45) is 3.87. The van der Waals surface area contributed by atoms with E-state index >= 15 is 0 Å². The van der Waals surface area contributed by atoms with E-state index in [2.05, 4.69) is 32.4 Å². The van der Waals surface area contributed by atoms with Crippen LogP contribution in [-0.2, 0) is 6.54 Å². The van der Waals surface area contributed by atoms with E-state index in [-0.39, 0.29) is 24.5 Å². The van der Waals surface area contributed by atoms with Crippen molar-refractivity contribution in [3.05, 3.63) is 78.4 Å². The zero-order valence-electron chi connectivity index (χ0n) is 16.2. The molecule has 29 heavy (non-hydrogen) atoms. The number of piperidine rings is 1. The minimum Gasteiger partial charge on any atom is -0.396 e. The molecule has 1 aromatic heterocycles. The molecule has 1 saturated heterocycles. The van der Waals surface area contributed by atoms with Gasteiger partial charge >= 0.3 is 0 Å². The molecule has 2 atom stereocenters. The third-order valence-corrected chi connectivity index (χ3v) is 5.41. The Bertz CT molecular complexity index is 929. The van der Waals surface area contributed by atoms with Crippen LogP contribution in [-0.4, -0.2) is 56.4 Å². The van der Waals surface area contributed by atoms with Crippen molar-refractivity contribution in [2.45, 2.75) is 19.0 Å². The van der Waals surface area contributed by atoms with Crippen molar-refractivity contribution >= 4 is 5.91 Å². The van der Waals surface area contributed by atoms with E-state index < -0.39 is 0 Å². The first kappa shape index (κ1) is 19.3. The van der Waals surface area contributed by atoms with E-state index in [1.54, 1.807) is 23.1 Å². The van der Waals surface area contributed by atoms with Gasteiger partial charge in [-0.05, 0) is 30.2 Å². The van der Waals surface area contributed by atoms with Crippen LogP contribution in [0.2, 0.25) is 0 Å². The molecular weight excluding hydrogens is 366 g/mol. The van der Waals surface area contributed by atoms with Gasteiger partial charge in [0, 0.05) is 43.8 Å². The minimum atomic E-state index is -0.132. The summed E-state index contributed by atoms with van der Waals surface area (Å²) in [5.74, 6) is -0.123. The number of aliphatic hydroxyl groups is 1. The SMILES string of the molecule is O=C(N[C@H]1CCN(Cc2ccccc2)C[C@H]1CO)c1cccc(-n2cncn2)c1. The number of likely N-dealkylation sites (tertiary alicyclic amines) is 1. The first-order valence-corrected chi connectivity index (χ1v) is 9.86. The molecule has 0 bridgehead atoms. The number of carbonyl (C=O) groups is 1. The molecule has 1 aliphatic heterocycles. The Morgan fingerprint density at radius 3 is 2.79 bits per heavy atom. The molecule has 1 fully saturated rings. The summed E-state index contributed by atoms with van der Waals surface area (Å²) < 4.78 is 1.62. The highest BCUT2D eigenvalue weighted by atomic mass is 16.3. The Hall–Kier alpha value is -3.03. The number of aromatic nitrogens is 3. The molecule has 2 N–H and O–H groups in total. The van der Waals surface area contributed by atoms with Crippen LogP contribution in [0.3, 0.4) is 0 Å². The molecule has 2 aromatic carbocycles. The van der Waals surface area contributed by atoms with Gasteiger partial charge in [0.1, 0.15) is 12.7 Å². The van der Waals surface area contributed by atoms with E-state index in [1.807, 2.05) is 30.3 Å². The van der Waals surface area contributed by atoms with E-state index in [4.69, 9.17) is 0 Å². The van der Waals surface area contributed by atoms with Crippen LogP contribution in [0.4, 0.5) is 0 Å². The molecule has 150 valence electrons. The number of nitrogens with zero attached hydrogens (tertiary/aromatic N) is 4. The quantitative estimate of drug-likeness (QED) is 0.670. The van der Waals surface area contributed by atoms with Gasteiger partial charge in [0.2, 0.25) is 0 Å². The number of benzene rings is 2. The Labute approximate surface area is 170 Å². The number of rotatable bonds is 6. The normalized spacial score (nSPS) is 19.8. The smallest absolute Gasteiger partial charge is 0.251 e. The van der Waals surface area contributed by atoms with Gasteiger partial charge in [0.05, 0.1) is 5.69 Å². The van der Waals surface area contributed by atoms with E-state index in [0.29, 0.717) is 5.56 Å². The summed E-state index contributed by atoms with van der Waals surface area (Å²) in [7, 11) is 0. The van der Waals surface area contributed by atoms with Crippen molar-refractivity contribution < 1.29 is 9.90 Å². The maximum atomic E-state index is 12.8. The molecule has 1 aliphatic rings. The maximum Gasteiger partial charge on any atom is 0.251 e. The van der Waals surface area contributed by atoms with Crippen molar-refractivity contribution in [3.8, 4) is 5.69 Å². The lowest BCUT2D eigenvalue weighted by molar-refractivity contribution is 0.0712. The standard InChI is InChI=1S/C22H25N5O2/c28-14-19-13-26(12-17-5-2-1-3-6-17)10-9-21(19)25-22(29)18-7-4-8-20(11-18)27-16-23-15-24-27/h1-8,11,15-16,19,21,28H,9-10,12-14H2,(H,25,29)/t19-,21-/m0/s1. The summed E-state index contributed by atoms with van der Waals surface area (Å²) in [6.45, 7) is 2.55. The first-order valence-electron chi connectivity index (χ1n) is 9.86. The van der Waals surface area contributed by atoms with Gasteiger partial charge < -0.3 is 10.4 Å². The lowest BCUT2D eigenvalue weighted by atomic mass is 9.92. The second-order valence-electron chi connectivity index (χ2n) is 7.42. The first-order chi connectivity index (χ1) is 14.2. The fourth-order valence-corrected chi connectivity index (χ4v) is 3.85. The lowest BCUT2D eigenvalue weighted by Crippen LogP contribution is -2.51. The molecule has 0 unspecified atom stereocenters. The van der Waals surface area contributed by atoms with Crippen molar-refractivity contribution in [2.75, 3.05) is 19.7 Å². The number of aliphatic hydroxyl groups excluding tert-OH is 1. The predicted molar refractivity (Wildman–Crippen MR) is 110 cm³/mol. The molecule has 1 amide bonds. The van der Waals surface area contributed by atoms with Crippen LogP contribution < -0.4 is 5.32 Å². The monoisotopic (exact) mass is 391 g/mol. The van der Waals surface area contributed by atoms with Crippen LogP contribution in [0.5, 0.6) is 0 Å². The molecule has 0 radical (unpaired) electrons. The van der Waals surface area contributed by atoms with Crippen molar-refractivity contribution in [3.63, 3.8) is 0 Å². The van der Waals surface area contributed by atoms with Gasteiger partial charge in [-0.1, -0.05) is 36.4 Å². The highest BCUT2D eigenvalue weighted by molar-refractivity contribution is 5.94. The molecule has 7 heteroatoms. The molecule has 2 heterocycles. The third kappa shape index (κ3) is 4.70. The topological polar surface area (TPSA) is 83.3 Å². The largest absolute Gasteiger partial charge is 0.396 e. The van der Waals surface area contributed by atoms with Gasteiger partial charge in [-0.15, -0.1) is 0 Å². The second kappa shape index (κ2) is 8.98. The van der Waals surface area contributed by atoms with E-state index in [9.17, 15) is 9.90 Å². The highest BCUT2D eigenvalue weighted by Crippen LogP contribution is 2.20. The summed E-state index contributed by atoms with van der Waals surface area (Å²) in [5, 5.41) is 17.1. The van der Waals surface area contributed by atoms with Crippen LogP contribution in [0.25, 0.3) is 5.69 Å². The molecule has 3 aromatic rings. The average molecular weight is 391 g/mol. The summed E-state index contributed by atoms with van der Waals surface area (Å²) in [4.78, 5) is 19.1. The molecule has 4 rings (SSSR count). The Kier molecular flexibility index (Phi) is 5.97. The number of carbonyl (C=O) groups excluding carboxylic acids is 1. The number of hydrogen-bond donors (Lipinski definition) is 2. The van der Waals surface area contributed by atoms with Crippen LogP contribution in [0.15, 0.2) is 67.3 Å². The zero-order valence-corrected chi connectivity index (χ0v) is 16.2. The third-order valence-electron chi connectivity index (χ3n) is 5.41. The fraction of sp³-hybridized carbons (Fsp3) is 0.318. The average Bonchev–Trinajstić information content (AvgIpc) is 3.30. The van der Waals surface area contributed by atoms with Gasteiger partial charge in [0.25, 0.3) is 5.91 Å². The number of nitrogens with one attached hydrogen (secondary N) is 1.